The fraction of sp³-hybridized carbons (Fsp3) is 0.400. The Morgan fingerprint density at radius 3 is 1.33 bits per heavy atom. The molecule has 1 aliphatic rings. The van der Waals surface area contributed by atoms with Gasteiger partial charge in [-0.25, -0.2) is 58.7 Å². The number of rotatable bonds is 10. The Hall–Kier alpha value is -7.74. The maximum absolute atomic E-state index is 11.8. The van der Waals surface area contributed by atoms with Gasteiger partial charge >= 0.3 is 55.0 Å². The molecule has 0 unspecified atom stereocenters. The van der Waals surface area contributed by atoms with E-state index in [1.165, 1.54) is 50.2 Å². The second kappa shape index (κ2) is 34.9. The van der Waals surface area contributed by atoms with E-state index in [1.807, 2.05) is 0 Å². The molecule has 0 aromatic carbocycles. The van der Waals surface area contributed by atoms with Crippen molar-refractivity contribution in [2.45, 2.75) is 106 Å². The summed E-state index contributed by atoms with van der Waals surface area (Å²) in [7, 11) is 0. The Balaban J connectivity index is 0.00000102. The molecule has 1 fully saturated rings. The molecule has 7 rings (SSSR count). The summed E-state index contributed by atoms with van der Waals surface area (Å²) in [4.78, 5) is 91.4. The number of carboxylic acids is 1. The molecule has 3 amide bonds. The average Bonchev–Trinajstić information content (AvgIpc) is 4.18. The number of nitrogens with one attached hydrogen (secondary N) is 3. The Morgan fingerprint density at radius 2 is 0.987 bits per heavy atom. The van der Waals surface area contributed by atoms with Crippen LogP contribution in [-0.2, 0) is 28.4 Å². The standard InChI is InChI=1S/C16H19N3O5.C14H15N3O5.C10H13BrN2O2.C6H7NO3.C4H8O.Li.2H2O/c1-5-22-14(20)11-9-23-13(18-11)10-6-7-17-12(8-10)19-15(21)24-16(2,3)4;1-14(2,3)22-13(20)17-10-6-8(4-5-15-10)11-16-9(7-21-11)12(18)19;1-10(2,3)15-9(14)13-8-6-7(11)4-5-12-8;1-2-10-6(8)5-3-9-4-7-5;1-2-4-5-3-1;;;/h6-9H,5H2,1-4H3,(H,17,19,21);4-7H,1-3H3,(H,18,19)(H,15,17,20);4-6H,1-3H3,(H,12,13,14);3-4H,2H2,1H3;1-4H2;;2*1H2/q;;;;;+1;;/p-1. The number of esters is 2. The molecule has 1 aliphatic heterocycles. The molecule has 6 aromatic rings. The van der Waals surface area contributed by atoms with Gasteiger partial charge in [0.05, 0.1) is 13.2 Å². The molecule has 0 atom stereocenters. The predicted molar refractivity (Wildman–Crippen MR) is 282 cm³/mol. The number of oxazole rings is 3. The summed E-state index contributed by atoms with van der Waals surface area (Å²) in [6.07, 6.45) is 9.99. The fourth-order valence-electron chi connectivity index (χ4n) is 5.20. The molecule has 7 heterocycles. The number of carbonyl (C=O) groups is 6. The van der Waals surface area contributed by atoms with Gasteiger partial charge in [0.25, 0.3) is 0 Å². The van der Waals surface area contributed by atoms with Crippen LogP contribution in [0.4, 0.5) is 31.8 Å². The number of halogens is 1. The van der Waals surface area contributed by atoms with Crippen LogP contribution >= 0.6 is 15.9 Å². The van der Waals surface area contributed by atoms with Gasteiger partial charge in [-0.1, -0.05) is 15.9 Å². The minimum Gasteiger partial charge on any atom is -0.870 e. The van der Waals surface area contributed by atoms with Crippen molar-refractivity contribution in [2.75, 3.05) is 42.4 Å². The molecule has 6 aromatic heterocycles. The number of amides is 3. The van der Waals surface area contributed by atoms with Crippen molar-refractivity contribution in [3.8, 4) is 22.9 Å². The number of aromatic carboxylic acids is 1. The molecular weight excluding hydrogens is 1100 g/mol. The number of carbonyl (C=O) groups excluding carboxylic acids is 5. The zero-order valence-electron chi connectivity index (χ0n) is 45.8. The third-order valence-corrected chi connectivity index (χ3v) is 8.57. The molecule has 7 N–H and O–H groups in total. The van der Waals surface area contributed by atoms with E-state index in [1.54, 1.807) is 113 Å². The zero-order chi connectivity index (χ0) is 56.5. The molecule has 426 valence electrons. The minimum absolute atomic E-state index is 0. The van der Waals surface area contributed by atoms with Crippen molar-refractivity contribution >= 4 is 69.6 Å². The van der Waals surface area contributed by atoms with Crippen molar-refractivity contribution in [1.29, 1.82) is 0 Å². The Bertz CT molecular complexity index is 2800. The second-order valence-corrected chi connectivity index (χ2v) is 19.0. The first-order valence-corrected chi connectivity index (χ1v) is 24.0. The van der Waals surface area contributed by atoms with E-state index in [0.29, 0.717) is 23.6 Å². The summed E-state index contributed by atoms with van der Waals surface area (Å²) in [5, 5.41) is 16.4. The summed E-state index contributed by atoms with van der Waals surface area (Å²) < 4.78 is 45.6. The van der Waals surface area contributed by atoms with Crippen molar-refractivity contribution < 1.29 is 105 Å². The van der Waals surface area contributed by atoms with E-state index in [-0.39, 0.29) is 76.9 Å². The molecule has 0 saturated carbocycles. The number of hydrogen-bond acceptors (Lipinski definition) is 22. The van der Waals surface area contributed by atoms with Crippen LogP contribution in [0.3, 0.4) is 0 Å². The van der Waals surface area contributed by atoms with Crippen LogP contribution in [0.25, 0.3) is 22.9 Å². The maximum Gasteiger partial charge on any atom is 1.00 e. The van der Waals surface area contributed by atoms with E-state index in [9.17, 15) is 28.8 Å². The molecule has 29 heteroatoms. The largest absolute Gasteiger partial charge is 1.00 e. The number of anilines is 3. The predicted octanol–water partition coefficient (Wildman–Crippen LogP) is 6.88. The number of aromatic nitrogens is 6. The first-order valence-electron chi connectivity index (χ1n) is 23.2. The molecule has 79 heavy (non-hydrogen) atoms. The van der Waals surface area contributed by atoms with Crippen molar-refractivity contribution in [2.24, 2.45) is 0 Å². The topological polar surface area (TPSA) is 392 Å². The molecule has 0 aliphatic carbocycles. The average molecular weight is 1170 g/mol. The summed E-state index contributed by atoms with van der Waals surface area (Å²) in [6.45, 7) is 22.0. The van der Waals surface area contributed by atoms with Gasteiger partial charge in [0.1, 0.15) is 53.0 Å². The van der Waals surface area contributed by atoms with Crippen LogP contribution in [0.5, 0.6) is 0 Å². The Labute approximate surface area is 475 Å². The summed E-state index contributed by atoms with van der Waals surface area (Å²) in [5.74, 6) is -0.890. The minimum atomic E-state index is -1.18. The fourth-order valence-corrected chi connectivity index (χ4v) is 5.53. The third kappa shape index (κ3) is 29.5. The third-order valence-electron chi connectivity index (χ3n) is 8.08. The van der Waals surface area contributed by atoms with Gasteiger partial charge < -0.3 is 57.7 Å². The van der Waals surface area contributed by atoms with Crippen LogP contribution in [-0.4, -0.2) is 125 Å². The van der Waals surface area contributed by atoms with Crippen LogP contribution in [0, 0.1) is 0 Å². The number of pyridine rings is 3. The molecule has 0 radical (unpaired) electrons. The van der Waals surface area contributed by atoms with Gasteiger partial charge in [-0.2, -0.15) is 0 Å². The quantitative estimate of drug-likeness (QED) is 0.0616. The molecule has 0 spiro atoms. The van der Waals surface area contributed by atoms with Crippen LogP contribution in [0.15, 0.2) is 97.9 Å². The van der Waals surface area contributed by atoms with Crippen molar-refractivity contribution in [1.82, 2.24) is 29.9 Å². The van der Waals surface area contributed by atoms with E-state index in [2.05, 4.69) is 70.9 Å². The Morgan fingerprint density at radius 1 is 0.595 bits per heavy atom. The number of hydrogen-bond donors (Lipinski definition) is 4. The molecular formula is C50H65BrLiN9O18. The summed E-state index contributed by atoms with van der Waals surface area (Å²) in [6, 6.07) is 9.76. The Kier molecular flexibility index (Phi) is 31.5. The monoisotopic (exact) mass is 1170 g/mol. The SMILES string of the molecule is C1CCOC1.CC(C)(C)OC(=O)Nc1cc(-c2nc(C(=O)O)co2)ccn1.CC(C)(C)OC(=O)Nc1cc(Br)ccn1.CCOC(=O)c1coc(-c2ccnc(NC(=O)OC(C)(C)C)c2)n1.CCOC(=O)c1cocn1.O.[Li+].[OH-]. The normalized spacial score (nSPS) is 11.2. The van der Waals surface area contributed by atoms with E-state index >= 15 is 0 Å². The number of carboxylic acid groups (broad SMARTS) is 1. The van der Waals surface area contributed by atoms with Crippen LogP contribution < -0.4 is 34.8 Å². The number of nitrogens with zero attached hydrogens (tertiary/aromatic N) is 6. The summed E-state index contributed by atoms with van der Waals surface area (Å²) >= 11 is 3.28. The summed E-state index contributed by atoms with van der Waals surface area (Å²) in [5.41, 5.74) is -0.629. The second-order valence-electron chi connectivity index (χ2n) is 18.1. The van der Waals surface area contributed by atoms with Gasteiger partial charge in [0.2, 0.25) is 11.8 Å². The van der Waals surface area contributed by atoms with E-state index < -0.39 is 53.0 Å². The van der Waals surface area contributed by atoms with Crippen LogP contribution in [0.2, 0.25) is 0 Å². The van der Waals surface area contributed by atoms with Crippen LogP contribution in [0.1, 0.15) is 120 Å². The molecule has 0 bridgehead atoms. The van der Waals surface area contributed by atoms with Gasteiger partial charge in [0, 0.05) is 47.4 Å². The first-order chi connectivity index (χ1) is 35.7. The van der Waals surface area contributed by atoms with E-state index in [4.69, 9.17) is 37.6 Å². The smallest absolute Gasteiger partial charge is 0.870 e. The van der Waals surface area contributed by atoms with Crippen molar-refractivity contribution in [3.05, 3.63) is 102 Å². The van der Waals surface area contributed by atoms with Gasteiger partial charge in [0.15, 0.2) is 23.5 Å². The maximum atomic E-state index is 11.8. The van der Waals surface area contributed by atoms with Gasteiger partial charge in [-0.05, 0) is 125 Å². The zero-order valence-corrected chi connectivity index (χ0v) is 47.4. The number of ether oxygens (including phenoxy) is 6. The molecule has 1 saturated heterocycles. The van der Waals surface area contributed by atoms with Crippen molar-refractivity contribution in [3.63, 3.8) is 0 Å². The first kappa shape index (κ1) is 71.3. The van der Waals surface area contributed by atoms with Gasteiger partial charge in [-0.3, -0.25) is 16.0 Å². The van der Waals surface area contributed by atoms with Gasteiger partial charge in [-0.15, -0.1) is 0 Å². The molecule has 27 nitrogen and oxygen atoms in total. The van der Waals surface area contributed by atoms with E-state index in [0.717, 1.165) is 23.9 Å².